The molecular weight excluding hydrogens is 248 g/mol. The van der Waals surface area contributed by atoms with Gasteiger partial charge in [0.05, 0.1) is 17.8 Å². The zero-order valence-electron chi connectivity index (χ0n) is 10.6. The Morgan fingerprint density at radius 2 is 2.06 bits per heavy atom. The van der Waals surface area contributed by atoms with Crippen molar-refractivity contribution >= 4 is 17.4 Å². The lowest BCUT2D eigenvalue weighted by Gasteiger charge is -2.24. The second-order valence-electron chi connectivity index (χ2n) is 5.13. The molecule has 2 saturated heterocycles. The summed E-state index contributed by atoms with van der Waals surface area (Å²) in [6.45, 7) is 4.71. The zero-order chi connectivity index (χ0) is 12.4. The highest BCUT2D eigenvalue weighted by Crippen LogP contribution is 2.23. The molecule has 5 heteroatoms. The Hall–Kier alpha value is -0.870. The van der Waals surface area contributed by atoms with Crippen LogP contribution in [0.1, 0.15) is 25.0 Å². The highest BCUT2D eigenvalue weighted by atomic mass is 35.5. The average Bonchev–Trinajstić information content (AvgIpc) is 3.09. The molecule has 0 bridgehead atoms. The number of alkyl halides is 1. The lowest BCUT2D eigenvalue weighted by molar-refractivity contribution is 0.260. The van der Waals surface area contributed by atoms with Crippen LogP contribution in [0.2, 0.25) is 0 Å². The Kier molecular flexibility index (Phi) is 3.66. The van der Waals surface area contributed by atoms with Crippen LogP contribution in [0.4, 0.5) is 5.82 Å². The molecule has 2 fully saturated rings. The summed E-state index contributed by atoms with van der Waals surface area (Å²) in [6.07, 6.45) is 7.55. The summed E-state index contributed by atoms with van der Waals surface area (Å²) < 4.78 is 0. The van der Waals surface area contributed by atoms with Crippen LogP contribution in [0.3, 0.4) is 0 Å². The molecule has 18 heavy (non-hydrogen) atoms. The molecule has 2 aliphatic rings. The molecule has 3 heterocycles. The van der Waals surface area contributed by atoms with Crippen molar-refractivity contribution in [2.24, 2.45) is 0 Å². The molecule has 0 amide bonds. The van der Waals surface area contributed by atoms with Gasteiger partial charge in [-0.1, -0.05) is 0 Å². The zero-order valence-corrected chi connectivity index (χ0v) is 11.3. The molecule has 2 aliphatic heterocycles. The molecule has 1 aromatic heterocycles. The lowest BCUT2D eigenvalue weighted by atomic mass is 10.2. The first-order chi connectivity index (χ1) is 8.86. The predicted molar refractivity (Wildman–Crippen MR) is 73.0 cm³/mol. The Morgan fingerprint density at radius 1 is 1.22 bits per heavy atom. The fraction of sp³-hybridized carbons (Fsp3) is 0.692. The minimum absolute atomic E-state index is 0.435. The smallest absolute Gasteiger partial charge is 0.147 e. The van der Waals surface area contributed by atoms with E-state index < -0.39 is 0 Å². The number of hydrogen-bond acceptors (Lipinski definition) is 4. The third-order valence-electron chi connectivity index (χ3n) is 3.95. The number of anilines is 1. The molecular formula is C13H19ClN4. The van der Waals surface area contributed by atoms with Gasteiger partial charge in [-0.15, -0.1) is 11.6 Å². The van der Waals surface area contributed by atoms with Crippen LogP contribution in [0.25, 0.3) is 0 Å². The second kappa shape index (κ2) is 5.41. The first-order valence-electron chi connectivity index (χ1n) is 6.72. The van der Waals surface area contributed by atoms with E-state index in [1.165, 1.54) is 32.4 Å². The van der Waals surface area contributed by atoms with Crippen molar-refractivity contribution in [3.05, 3.63) is 18.1 Å². The quantitative estimate of drug-likeness (QED) is 0.782. The van der Waals surface area contributed by atoms with Crippen molar-refractivity contribution < 1.29 is 0 Å². The van der Waals surface area contributed by atoms with Gasteiger partial charge in [0.15, 0.2) is 0 Å². The van der Waals surface area contributed by atoms with Gasteiger partial charge in [0.1, 0.15) is 5.82 Å². The van der Waals surface area contributed by atoms with Gasteiger partial charge in [0.2, 0.25) is 0 Å². The number of nitrogens with zero attached hydrogens (tertiary/aromatic N) is 4. The van der Waals surface area contributed by atoms with E-state index in [0.717, 1.165) is 24.6 Å². The van der Waals surface area contributed by atoms with E-state index >= 15 is 0 Å². The van der Waals surface area contributed by atoms with Crippen LogP contribution in [0.15, 0.2) is 12.4 Å². The lowest BCUT2D eigenvalue weighted by Crippen LogP contribution is -2.35. The van der Waals surface area contributed by atoms with Gasteiger partial charge in [-0.2, -0.15) is 0 Å². The molecule has 0 spiro atoms. The van der Waals surface area contributed by atoms with Crippen molar-refractivity contribution in [3.8, 4) is 0 Å². The van der Waals surface area contributed by atoms with E-state index in [1.54, 1.807) is 6.20 Å². The van der Waals surface area contributed by atoms with Gasteiger partial charge in [-0.05, 0) is 32.4 Å². The molecule has 1 atom stereocenters. The third kappa shape index (κ3) is 2.45. The Labute approximate surface area is 113 Å². The maximum Gasteiger partial charge on any atom is 0.147 e. The molecule has 1 unspecified atom stereocenters. The van der Waals surface area contributed by atoms with Gasteiger partial charge >= 0.3 is 0 Å². The maximum atomic E-state index is 5.81. The number of likely N-dealkylation sites (tertiary alicyclic amines) is 1. The Morgan fingerprint density at radius 3 is 2.83 bits per heavy atom. The fourth-order valence-corrected chi connectivity index (χ4v) is 3.10. The van der Waals surface area contributed by atoms with E-state index in [1.807, 2.05) is 6.20 Å². The van der Waals surface area contributed by atoms with Crippen LogP contribution < -0.4 is 4.90 Å². The average molecular weight is 267 g/mol. The van der Waals surface area contributed by atoms with Gasteiger partial charge in [0, 0.05) is 25.3 Å². The van der Waals surface area contributed by atoms with Crippen molar-refractivity contribution in [1.82, 2.24) is 14.9 Å². The topological polar surface area (TPSA) is 32.3 Å². The minimum atomic E-state index is 0.435. The van der Waals surface area contributed by atoms with E-state index in [4.69, 9.17) is 11.6 Å². The standard InChI is InChI=1S/C13H19ClN4/c14-7-11-8-15-9-13(16-11)18-6-3-12(10-18)17-4-1-2-5-17/h8-9,12H,1-7,10H2. The summed E-state index contributed by atoms with van der Waals surface area (Å²) in [6, 6.07) is 0.703. The number of aromatic nitrogens is 2. The molecule has 0 saturated carbocycles. The Balaban J connectivity index is 1.67. The molecule has 3 rings (SSSR count). The predicted octanol–water partition coefficient (Wildman–Crippen LogP) is 1.89. The number of halogens is 1. The summed E-state index contributed by atoms with van der Waals surface area (Å²) in [5.41, 5.74) is 0.860. The monoisotopic (exact) mass is 266 g/mol. The number of hydrogen-bond donors (Lipinski definition) is 0. The van der Waals surface area contributed by atoms with Gasteiger partial charge in [0.25, 0.3) is 0 Å². The SMILES string of the molecule is ClCc1cncc(N2CCC(N3CCCC3)C2)n1. The second-order valence-corrected chi connectivity index (χ2v) is 5.40. The van der Waals surface area contributed by atoms with Crippen molar-refractivity contribution in [2.75, 3.05) is 31.1 Å². The first-order valence-corrected chi connectivity index (χ1v) is 7.26. The van der Waals surface area contributed by atoms with E-state index in [0.29, 0.717) is 11.9 Å². The van der Waals surface area contributed by atoms with E-state index in [-0.39, 0.29) is 0 Å². The summed E-state index contributed by atoms with van der Waals surface area (Å²) in [5, 5.41) is 0. The highest BCUT2D eigenvalue weighted by Gasteiger charge is 2.29. The van der Waals surface area contributed by atoms with Gasteiger partial charge < -0.3 is 4.90 Å². The summed E-state index contributed by atoms with van der Waals surface area (Å²) >= 11 is 5.81. The van der Waals surface area contributed by atoms with Crippen LogP contribution >= 0.6 is 11.6 Å². The minimum Gasteiger partial charge on any atom is -0.354 e. The number of rotatable bonds is 3. The molecule has 0 radical (unpaired) electrons. The third-order valence-corrected chi connectivity index (χ3v) is 4.23. The molecule has 1 aromatic rings. The van der Waals surface area contributed by atoms with Crippen molar-refractivity contribution in [2.45, 2.75) is 31.2 Å². The highest BCUT2D eigenvalue weighted by molar-refractivity contribution is 6.16. The fourth-order valence-electron chi connectivity index (χ4n) is 2.97. The summed E-state index contributed by atoms with van der Waals surface area (Å²) in [4.78, 5) is 13.7. The molecule has 4 nitrogen and oxygen atoms in total. The van der Waals surface area contributed by atoms with Crippen LogP contribution in [0, 0.1) is 0 Å². The van der Waals surface area contributed by atoms with Gasteiger partial charge in [-0.3, -0.25) is 9.88 Å². The van der Waals surface area contributed by atoms with Crippen LogP contribution in [0.5, 0.6) is 0 Å². The molecule has 0 N–H and O–H groups in total. The van der Waals surface area contributed by atoms with E-state index in [2.05, 4.69) is 19.8 Å². The van der Waals surface area contributed by atoms with Crippen LogP contribution in [-0.4, -0.2) is 47.1 Å². The summed E-state index contributed by atoms with van der Waals surface area (Å²) in [5.74, 6) is 1.42. The Bertz CT molecular complexity index is 406. The largest absolute Gasteiger partial charge is 0.354 e. The normalized spacial score (nSPS) is 24.9. The first kappa shape index (κ1) is 12.2. The molecule has 0 aromatic carbocycles. The molecule has 98 valence electrons. The molecule has 0 aliphatic carbocycles. The van der Waals surface area contributed by atoms with Crippen LogP contribution in [-0.2, 0) is 5.88 Å². The van der Waals surface area contributed by atoms with Crippen molar-refractivity contribution in [1.29, 1.82) is 0 Å². The summed E-state index contributed by atoms with van der Waals surface area (Å²) in [7, 11) is 0. The van der Waals surface area contributed by atoms with E-state index in [9.17, 15) is 0 Å². The van der Waals surface area contributed by atoms with Gasteiger partial charge in [-0.25, -0.2) is 4.98 Å². The van der Waals surface area contributed by atoms with Crippen molar-refractivity contribution in [3.63, 3.8) is 0 Å². The maximum absolute atomic E-state index is 5.81.